The summed E-state index contributed by atoms with van der Waals surface area (Å²) in [4.78, 5) is 34.1. The molecule has 0 saturated carbocycles. The van der Waals surface area contributed by atoms with Crippen LogP contribution < -0.4 is 10.9 Å². The van der Waals surface area contributed by atoms with Crippen molar-refractivity contribution in [2.45, 2.75) is 26.8 Å². The summed E-state index contributed by atoms with van der Waals surface area (Å²) >= 11 is 0. The molecule has 4 aromatic rings. The minimum absolute atomic E-state index is 0.0874. The molecule has 4 rings (SSSR count). The predicted octanol–water partition coefficient (Wildman–Crippen LogP) is 3.19. The third kappa shape index (κ3) is 4.60. The summed E-state index contributed by atoms with van der Waals surface area (Å²) in [6, 6.07) is 17.1. The molecule has 8 heteroatoms. The first-order valence-corrected chi connectivity index (χ1v) is 10.5. The number of hydrogen-bond acceptors (Lipinski definition) is 5. The Bertz CT molecular complexity index is 1310. The predicted molar refractivity (Wildman–Crippen MR) is 125 cm³/mol. The highest BCUT2D eigenvalue weighted by molar-refractivity contribution is 5.92. The number of aryl methyl sites for hydroxylation is 1. The molecule has 0 unspecified atom stereocenters. The number of anilines is 1. The summed E-state index contributed by atoms with van der Waals surface area (Å²) in [5, 5.41) is 8.14. The van der Waals surface area contributed by atoms with E-state index in [0.717, 1.165) is 22.8 Å². The second-order valence-electron chi connectivity index (χ2n) is 7.86. The fraction of sp³-hybridized carbons (Fsp3) is 0.250. The quantitative estimate of drug-likeness (QED) is 0.469. The largest absolute Gasteiger partial charge is 0.323 e. The van der Waals surface area contributed by atoms with Crippen LogP contribution >= 0.6 is 0 Å². The topological polar surface area (TPSA) is 95.9 Å². The number of carbonyl (C=O) groups excluding carboxylic acids is 1. The van der Waals surface area contributed by atoms with Gasteiger partial charge in [-0.25, -0.2) is 9.67 Å². The minimum Gasteiger partial charge on any atom is -0.323 e. The van der Waals surface area contributed by atoms with E-state index in [1.54, 1.807) is 6.07 Å². The van der Waals surface area contributed by atoms with E-state index >= 15 is 0 Å². The van der Waals surface area contributed by atoms with Crippen LogP contribution in [0.4, 0.5) is 5.69 Å². The molecule has 32 heavy (non-hydrogen) atoms. The van der Waals surface area contributed by atoms with Gasteiger partial charge in [0.2, 0.25) is 5.91 Å². The van der Waals surface area contributed by atoms with Crippen molar-refractivity contribution in [1.29, 1.82) is 0 Å². The fourth-order valence-corrected chi connectivity index (χ4v) is 3.68. The Labute approximate surface area is 185 Å². The molecule has 0 aliphatic carbocycles. The van der Waals surface area contributed by atoms with Gasteiger partial charge in [-0.1, -0.05) is 30.3 Å². The van der Waals surface area contributed by atoms with Crippen molar-refractivity contribution >= 4 is 22.5 Å². The smallest absolute Gasteiger partial charge is 0.258 e. The van der Waals surface area contributed by atoms with Gasteiger partial charge < -0.3 is 10.3 Å². The van der Waals surface area contributed by atoms with Crippen molar-refractivity contribution in [1.82, 2.24) is 24.6 Å². The van der Waals surface area contributed by atoms with Crippen LogP contribution in [0.5, 0.6) is 0 Å². The Balaban J connectivity index is 1.37. The van der Waals surface area contributed by atoms with Gasteiger partial charge in [0, 0.05) is 13.0 Å². The van der Waals surface area contributed by atoms with Crippen LogP contribution in [0.15, 0.2) is 59.4 Å². The highest BCUT2D eigenvalue weighted by atomic mass is 16.1. The Hall–Kier alpha value is -3.78. The van der Waals surface area contributed by atoms with Crippen molar-refractivity contribution < 1.29 is 4.79 Å². The number of nitrogens with one attached hydrogen (secondary N) is 2. The van der Waals surface area contributed by atoms with Crippen molar-refractivity contribution in [3.8, 4) is 5.69 Å². The number of H-pyrrole nitrogens is 1. The van der Waals surface area contributed by atoms with Crippen LogP contribution in [0, 0.1) is 13.8 Å². The van der Waals surface area contributed by atoms with Gasteiger partial charge in [0.25, 0.3) is 5.56 Å². The number of para-hydroxylation sites is 2. The van der Waals surface area contributed by atoms with Gasteiger partial charge in [-0.15, -0.1) is 0 Å². The normalized spacial score (nSPS) is 11.2. The first-order chi connectivity index (χ1) is 15.4. The molecule has 8 nitrogen and oxygen atoms in total. The van der Waals surface area contributed by atoms with Crippen LogP contribution in [0.2, 0.25) is 0 Å². The highest BCUT2D eigenvalue weighted by Gasteiger charge is 2.16. The lowest BCUT2D eigenvalue weighted by molar-refractivity contribution is -0.116. The maximum Gasteiger partial charge on any atom is 0.258 e. The Morgan fingerprint density at radius 1 is 1.09 bits per heavy atom. The lowest BCUT2D eigenvalue weighted by Crippen LogP contribution is -2.26. The molecule has 0 radical (unpaired) electrons. The molecule has 0 fully saturated rings. The average molecular weight is 431 g/mol. The van der Waals surface area contributed by atoms with E-state index in [9.17, 15) is 9.59 Å². The first kappa shape index (κ1) is 21.5. The molecule has 2 aromatic heterocycles. The van der Waals surface area contributed by atoms with E-state index in [4.69, 9.17) is 0 Å². The van der Waals surface area contributed by atoms with Crippen molar-refractivity contribution in [2.24, 2.45) is 0 Å². The summed E-state index contributed by atoms with van der Waals surface area (Å²) in [7, 11) is 1.90. The zero-order valence-electron chi connectivity index (χ0n) is 18.4. The van der Waals surface area contributed by atoms with E-state index in [1.165, 1.54) is 0 Å². The number of benzene rings is 2. The minimum atomic E-state index is -0.155. The number of nitrogens with zero attached hydrogens (tertiary/aromatic N) is 4. The SMILES string of the molecule is Cc1nn(-c2ccccc2)c(C)c1NC(=O)CCN(C)Cc1nc2ccccc2c(=O)[nH]1. The van der Waals surface area contributed by atoms with Crippen LogP contribution in [0.1, 0.15) is 23.6 Å². The Kier molecular flexibility index (Phi) is 6.13. The van der Waals surface area contributed by atoms with E-state index in [-0.39, 0.29) is 11.5 Å². The van der Waals surface area contributed by atoms with Gasteiger partial charge in [0.1, 0.15) is 5.82 Å². The monoisotopic (exact) mass is 430 g/mol. The van der Waals surface area contributed by atoms with Crippen molar-refractivity contribution in [2.75, 3.05) is 18.9 Å². The molecule has 1 amide bonds. The van der Waals surface area contributed by atoms with Crippen molar-refractivity contribution in [3.63, 3.8) is 0 Å². The summed E-state index contributed by atoms with van der Waals surface area (Å²) in [6.07, 6.45) is 0.309. The van der Waals surface area contributed by atoms with Crippen LogP contribution in [-0.2, 0) is 11.3 Å². The molecule has 0 bridgehead atoms. The lowest BCUT2D eigenvalue weighted by Gasteiger charge is -2.16. The molecule has 2 heterocycles. The number of fused-ring (bicyclic) bond motifs is 1. The summed E-state index contributed by atoms with van der Waals surface area (Å²) in [6.45, 7) is 4.79. The Morgan fingerprint density at radius 2 is 1.81 bits per heavy atom. The zero-order valence-corrected chi connectivity index (χ0v) is 18.4. The van der Waals surface area contributed by atoms with Crippen LogP contribution in [0.3, 0.4) is 0 Å². The number of rotatable bonds is 7. The second kappa shape index (κ2) is 9.15. The zero-order chi connectivity index (χ0) is 22.7. The van der Waals surface area contributed by atoms with Crippen LogP contribution in [-0.4, -0.2) is 44.1 Å². The van der Waals surface area contributed by atoms with E-state index in [2.05, 4.69) is 20.4 Å². The van der Waals surface area contributed by atoms with Crippen molar-refractivity contribution in [3.05, 3.63) is 82.2 Å². The first-order valence-electron chi connectivity index (χ1n) is 10.5. The standard InChI is InChI=1S/C24H26N6O2/c1-16-23(17(2)30(28-16)18-9-5-4-6-10-18)27-22(31)13-14-29(3)15-21-25-20-12-8-7-11-19(20)24(32)26-21/h4-12H,13-15H2,1-3H3,(H,27,31)(H,25,26,32). The molecule has 164 valence electrons. The van der Waals surface area contributed by atoms with Crippen LogP contribution in [0.25, 0.3) is 16.6 Å². The van der Waals surface area contributed by atoms with E-state index < -0.39 is 0 Å². The molecular formula is C24H26N6O2. The number of amides is 1. The van der Waals surface area contributed by atoms with Gasteiger partial charge >= 0.3 is 0 Å². The number of aromatic nitrogens is 4. The number of carbonyl (C=O) groups is 1. The highest BCUT2D eigenvalue weighted by Crippen LogP contribution is 2.22. The number of aromatic amines is 1. The van der Waals surface area contributed by atoms with Gasteiger partial charge in [-0.05, 0) is 45.2 Å². The molecule has 2 N–H and O–H groups in total. The fourth-order valence-electron chi connectivity index (χ4n) is 3.68. The molecule has 0 aliphatic heterocycles. The maximum absolute atomic E-state index is 12.6. The lowest BCUT2D eigenvalue weighted by atomic mass is 10.2. The number of hydrogen-bond donors (Lipinski definition) is 2. The molecule has 0 saturated heterocycles. The molecule has 2 aromatic carbocycles. The molecule has 0 aliphatic rings. The molecular weight excluding hydrogens is 404 g/mol. The van der Waals surface area contributed by atoms with E-state index in [1.807, 2.05) is 79.0 Å². The third-order valence-electron chi connectivity index (χ3n) is 5.36. The van der Waals surface area contributed by atoms with E-state index in [0.29, 0.717) is 36.2 Å². The van der Waals surface area contributed by atoms with Gasteiger partial charge in [-0.2, -0.15) is 5.10 Å². The summed E-state index contributed by atoms with van der Waals surface area (Å²) in [5.41, 5.74) is 3.85. The molecule has 0 spiro atoms. The summed E-state index contributed by atoms with van der Waals surface area (Å²) < 4.78 is 1.83. The van der Waals surface area contributed by atoms with Gasteiger partial charge in [-0.3, -0.25) is 14.5 Å². The van der Waals surface area contributed by atoms with Gasteiger partial charge in [0.05, 0.1) is 40.2 Å². The molecule has 0 atom stereocenters. The second-order valence-corrected chi connectivity index (χ2v) is 7.86. The third-order valence-corrected chi connectivity index (χ3v) is 5.36. The van der Waals surface area contributed by atoms with Gasteiger partial charge in [0.15, 0.2) is 0 Å². The Morgan fingerprint density at radius 3 is 2.59 bits per heavy atom. The average Bonchev–Trinajstić information content (AvgIpc) is 3.06. The maximum atomic E-state index is 12.6. The summed E-state index contributed by atoms with van der Waals surface area (Å²) in [5.74, 6) is 0.489.